The second kappa shape index (κ2) is 9.56. The third kappa shape index (κ3) is 6.30. The standard InChI is InChI=1S/C18H30N2O/c1-4-5-9-14-20(15(2)3)18(21)17(19)13-12-16-10-7-6-8-11-16/h6-8,10-11,15,17H,4-5,9,12-14,19H2,1-3H3. The van der Waals surface area contributed by atoms with Gasteiger partial charge in [-0.3, -0.25) is 4.79 Å². The molecule has 0 radical (unpaired) electrons. The predicted octanol–water partition coefficient (Wildman–Crippen LogP) is 3.37. The number of hydrogen-bond acceptors (Lipinski definition) is 2. The zero-order valence-electron chi connectivity index (χ0n) is 13.7. The number of benzene rings is 1. The molecule has 21 heavy (non-hydrogen) atoms. The molecular formula is C18H30N2O. The van der Waals surface area contributed by atoms with Crippen LogP contribution in [-0.4, -0.2) is 29.4 Å². The fourth-order valence-electron chi connectivity index (χ4n) is 2.46. The van der Waals surface area contributed by atoms with Crippen molar-refractivity contribution >= 4 is 5.91 Å². The Morgan fingerprint density at radius 3 is 2.43 bits per heavy atom. The molecule has 118 valence electrons. The minimum atomic E-state index is -0.394. The summed E-state index contributed by atoms with van der Waals surface area (Å²) in [5.74, 6) is 0.0945. The average Bonchev–Trinajstić information content (AvgIpc) is 2.49. The quantitative estimate of drug-likeness (QED) is 0.709. The maximum Gasteiger partial charge on any atom is 0.239 e. The van der Waals surface area contributed by atoms with E-state index >= 15 is 0 Å². The van der Waals surface area contributed by atoms with Crippen molar-refractivity contribution in [3.05, 3.63) is 35.9 Å². The smallest absolute Gasteiger partial charge is 0.239 e. The molecule has 0 fully saturated rings. The lowest BCUT2D eigenvalue weighted by Crippen LogP contribution is -2.47. The molecule has 3 heteroatoms. The molecule has 1 rings (SSSR count). The van der Waals surface area contributed by atoms with Crippen LogP contribution < -0.4 is 5.73 Å². The summed E-state index contributed by atoms with van der Waals surface area (Å²) in [5.41, 5.74) is 7.36. The van der Waals surface area contributed by atoms with Gasteiger partial charge in [-0.1, -0.05) is 50.1 Å². The van der Waals surface area contributed by atoms with Crippen LogP contribution in [0.25, 0.3) is 0 Å². The Balaban J connectivity index is 2.49. The SMILES string of the molecule is CCCCCN(C(=O)C(N)CCc1ccccc1)C(C)C. The van der Waals surface area contributed by atoms with Crippen LogP contribution in [0.15, 0.2) is 30.3 Å². The highest BCUT2D eigenvalue weighted by Gasteiger charge is 2.22. The summed E-state index contributed by atoms with van der Waals surface area (Å²) < 4.78 is 0. The molecule has 1 aromatic rings. The lowest BCUT2D eigenvalue weighted by molar-refractivity contribution is -0.134. The molecule has 1 aromatic carbocycles. The largest absolute Gasteiger partial charge is 0.339 e. The van der Waals surface area contributed by atoms with Gasteiger partial charge in [0.1, 0.15) is 0 Å². The summed E-state index contributed by atoms with van der Waals surface area (Å²) in [6, 6.07) is 10.0. The van der Waals surface area contributed by atoms with Crippen LogP contribution in [0.3, 0.4) is 0 Å². The molecule has 0 aliphatic carbocycles. The summed E-state index contributed by atoms with van der Waals surface area (Å²) in [5, 5.41) is 0. The maximum absolute atomic E-state index is 12.5. The van der Waals surface area contributed by atoms with Gasteiger partial charge in [-0.25, -0.2) is 0 Å². The Kier molecular flexibility index (Phi) is 8.06. The van der Waals surface area contributed by atoms with E-state index in [-0.39, 0.29) is 11.9 Å². The van der Waals surface area contributed by atoms with Crippen molar-refractivity contribution in [1.29, 1.82) is 0 Å². The van der Waals surface area contributed by atoms with E-state index in [1.807, 2.05) is 23.1 Å². The van der Waals surface area contributed by atoms with Crippen LogP contribution in [-0.2, 0) is 11.2 Å². The third-order valence-corrected chi connectivity index (χ3v) is 3.81. The summed E-state index contributed by atoms with van der Waals surface area (Å²) >= 11 is 0. The van der Waals surface area contributed by atoms with Crippen LogP contribution in [0, 0.1) is 0 Å². The van der Waals surface area contributed by atoms with Gasteiger partial charge in [0.05, 0.1) is 6.04 Å². The number of carbonyl (C=O) groups is 1. The number of amides is 1. The Bertz CT molecular complexity index is 403. The van der Waals surface area contributed by atoms with Crippen molar-refractivity contribution in [2.75, 3.05) is 6.54 Å². The lowest BCUT2D eigenvalue weighted by Gasteiger charge is -2.29. The van der Waals surface area contributed by atoms with Crippen molar-refractivity contribution in [2.45, 2.75) is 65.0 Å². The minimum Gasteiger partial charge on any atom is -0.339 e. The van der Waals surface area contributed by atoms with Gasteiger partial charge in [0, 0.05) is 12.6 Å². The van der Waals surface area contributed by atoms with Gasteiger partial charge in [-0.05, 0) is 38.7 Å². The fraction of sp³-hybridized carbons (Fsp3) is 0.611. The molecule has 0 heterocycles. The minimum absolute atomic E-state index is 0.0945. The van der Waals surface area contributed by atoms with E-state index in [1.165, 1.54) is 12.0 Å². The van der Waals surface area contributed by atoms with E-state index in [2.05, 4.69) is 32.9 Å². The van der Waals surface area contributed by atoms with E-state index < -0.39 is 6.04 Å². The molecule has 0 aliphatic heterocycles. The molecule has 0 saturated carbocycles. The number of nitrogens with zero attached hydrogens (tertiary/aromatic N) is 1. The van der Waals surface area contributed by atoms with Crippen LogP contribution in [0.5, 0.6) is 0 Å². The highest BCUT2D eigenvalue weighted by molar-refractivity contribution is 5.81. The predicted molar refractivity (Wildman–Crippen MR) is 89.1 cm³/mol. The Morgan fingerprint density at radius 2 is 1.86 bits per heavy atom. The van der Waals surface area contributed by atoms with E-state index in [4.69, 9.17) is 5.73 Å². The van der Waals surface area contributed by atoms with Gasteiger partial charge in [0.2, 0.25) is 5.91 Å². The molecule has 0 saturated heterocycles. The van der Waals surface area contributed by atoms with Crippen molar-refractivity contribution in [3.8, 4) is 0 Å². The van der Waals surface area contributed by atoms with Crippen molar-refractivity contribution in [2.24, 2.45) is 5.73 Å². The number of unbranched alkanes of at least 4 members (excludes halogenated alkanes) is 2. The second-order valence-electron chi connectivity index (χ2n) is 5.96. The van der Waals surface area contributed by atoms with Gasteiger partial charge in [-0.2, -0.15) is 0 Å². The highest BCUT2D eigenvalue weighted by Crippen LogP contribution is 2.09. The first-order valence-corrected chi connectivity index (χ1v) is 8.16. The normalized spacial score (nSPS) is 12.4. The van der Waals surface area contributed by atoms with Crippen LogP contribution in [0.2, 0.25) is 0 Å². The first-order chi connectivity index (χ1) is 10.1. The number of hydrogen-bond donors (Lipinski definition) is 1. The first-order valence-electron chi connectivity index (χ1n) is 8.16. The van der Waals surface area contributed by atoms with Gasteiger partial charge < -0.3 is 10.6 Å². The highest BCUT2D eigenvalue weighted by atomic mass is 16.2. The van der Waals surface area contributed by atoms with E-state index in [0.717, 1.165) is 25.8 Å². The van der Waals surface area contributed by atoms with E-state index in [1.54, 1.807) is 0 Å². The molecular weight excluding hydrogens is 260 g/mol. The summed E-state index contributed by atoms with van der Waals surface area (Å²) in [4.78, 5) is 14.4. The monoisotopic (exact) mass is 290 g/mol. The van der Waals surface area contributed by atoms with Crippen molar-refractivity contribution < 1.29 is 4.79 Å². The lowest BCUT2D eigenvalue weighted by atomic mass is 10.0. The zero-order valence-corrected chi connectivity index (χ0v) is 13.7. The average molecular weight is 290 g/mol. The zero-order chi connectivity index (χ0) is 15.7. The molecule has 0 spiro atoms. The summed E-state index contributed by atoms with van der Waals surface area (Å²) in [6.45, 7) is 7.12. The van der Waals surface area contributed by atoms with Crippen molar-refractivity contribution in [3.63, 3.8) is 0 Å². The fourth-order valence-corrected chi connectivity index (χ4v) is 2.46. The molecule has 1 amide bonds. The van der Waals surface area contributed by atoms with Crippen LogP contribution in [0.1, 0.15) is 52.0 Å². The van der Waals surface area contributed by atoms with E-state index in [0.29, 0.717) is 6.42 Å². The van der Waals surface area contributed by atoms with Crippen LogP contribution >= 0.6 is 0 Å². The third-order valence-electron chi connectivity index (χ3n) is 3.81. The number of aryl methyl sites for hydroxylation is 1. The first kappa shape index (κ1) is 17.7. The molecule has 0 aromatic heterocycles. The molecule has 2 N–H and O–H groups in total. The topological polar surface area (TPSA) is 46.3 Å². The Hall–Kier alpha value is -1.35. The molecule has 0 bridgehead atoms. The Labute approximate surface area is 129 Å². The molecule has 1 unspecified atom stereocenters. The number of carbonyl (C=O) groups excluding carboxylic acids is 1. The summed E-state index contributed by atoms with van der Waals surface area (Å²) in [6.07, 6.45) is 4.95. The van der Waals surface area contributed by atoms with E-state index in [9.17, 15) is 4.79 Å². The number of nitrogens with two attached hydrogens (primary N) is 1. The molecule has 0 aliphatic rings. The van der Waals surface area contributed by atoms with Gasteiger partial charge in [0.25, 0.3) is 0 Å². The second-order valence-corrected chi connectivity index (χ2v) is 5.96. The van der Waals surface area contributed by atoms with Gasteiger partial charge >= 0.3 is 0 Å². The maximum atomic E-state index is 12.5. The summed E-state index contributed by atoms with van der Waals surface area (Å²) in [7, 11) is 0. The van der Waals surface area contributed by atoms with Gasteiger partial charge in [0.15, 0.2) is 0 Å². The van der Waals surface area contributed by atoms with Gasteiger partial charge in [-0.15, -0.1) is 0 Å². The Morgan fingerprint density at radius 1 is 1.19 bits per heavy atom. The molecule has 3 nitrogen and oxygen atoms in total. The number of rotatable bonds is 9. The molecule has 1 atom stereocenters. The van der Waals surface area contributed by atoms with Crippen molar-refractivity contribution in [1.82, 2.24) is 4.90 Å². The van der Waals surface area contributed by atoms with Crippen LogP contribution in [0.4, 0.5) is 0 Å².